The predicted octanol–water partition coefficient (Wildman–Crippen LogP) is 1.37. The maximum Gasteiger partial charge on any atom is 0.322 e. The van der Waals surface area contributed by atoms with E-state index in [4.69, 9.17) is 5.11 Å². The summed E-state index contributed by atoms with van der Waals surface area (Å²) in [5.41, 5.74) is 1.50. The van der Waals surface area contributed by atoms with Crippen LogP contribution in [0.15, 0.2) is 23.1 Å². The fourth-order valence-electron chi connectivity index (χ4n) is 2.70. The summed E-state index contributed by atoms with van der Waals surface area (Å²) < 4.78 is 27.2. The number of amides is 1. The van der Waals surface area contributed by atoms with Gasteiger partial charge in [-0.2, -0.15) is 4.72 Å². The first-order chi connectivity index (χ1) is 11.2. The number of carboxylic acids is 1. The molecule has 8 heteroatoms. The molecular formula is C16H22N2O5S. The highest BCUT2D eigenvalue weighted by Crippen LogP contribution is 2.30. The Morgan fingerprint density at radius 2 is 2.00 bits per heavy atom. The summed E-state index contributed by atoms with van der Waals surface area (Å²) in [7, 11) is -3.95. The van der Waals surface area contributed by atoms with Gasteiger partial charge in [0, 0.05) is 18.7 Å². The van der Waals surface area contributed by atoms with Gasteiger partial charge in [0.2, 0.25) is 15.9 Å². The van der Waals surface area contributed by atoms with Crippen molar-refractivity contribution in [2.75, 3.05) is 11.4 Å². The fraction of sp³-hybridized carbons (Fsp3) is 0.500. The van der Waals surface area contributed by atoms with Crippen molar-refractivity contribution < 1.29 is 23.1 Å². The lowest BCUT2D eigenvalue weighted by Crippen LogP contribution is -2.44. The monoisotopic (exact) mass is 354 g/mol. The summed E-state index contributed by atoms with van der Waals surface area (Å²) in [4.78, 5) is 24.8. The Kier molecular flexibility index (Phi) is 5.29. The number of fused-ring (bicyclic) bond motifs is 1. The number of hydrogen-bond donors (Lipinski definition) is 2. The van der Waals surface area contributed by atoms with Crippen LogP contribution in [0.5, 0.6) is 0 Å². The van der Waals surface area contributed by atoms with Crippen LogP contribution in [0.1, 0.15) is 32.8 Å². The minimum Gasteiger partial charge on any atom is -0.480 e. The average Bonchev–Trinajstić information content (AvgIpc) is 2.94. The Morgan fingerprint density at radius 3 is 2.54 bits per heavy atom. The Morgan fingerprint density at radius 1 is 1.33 bits per heavy atom. The van der Waals surface area contributed by atoms with Crippen LogP contribution >= 0.6 is 0 Å². The lowest BCUT2D eigenvalue weighted by Gasteiger charge is -2.19. The SMILES string of the molecule is CCC(=O)N1CCc2cc(S(=O)(=O)NC(C(=O)O)C(C)C)ccc21. The van der Waals surface area contributed by atoms with E-state index in [1.54, 1.807) is 31.7 Å². The van der Waals surface area contributed by atoms with E-state index < -0.39 is 22.0 Å². The summed E-state index contributed by atoms with van der Waals surface area (Å²) >= 11 is 0. The van der Waals surface area contributed by atoms with Crippen LogP contribution in [-0.2, 0) is 26.0 Å². The number of aliphatic carboxylic acids is 1. The molecule has 0 radical (unpaired) electrons. The van der Waals surface area contributed by atoms with E-state index in [9.17, 15) is 18.0 Å². The number of carboxylic acid groups (broad SMARTS) is 1. The van der Waals surface area contributed by atoms with Gasteiger partial charge in [-0.15, -0.1) is 0 Å². The van der Waals surface area contributed by atoms with E-state index in [0.29, 0.717) is 19.4 Å². The number of hydrogen-bond acceptors (Lipinski definition) is 4. The number of benzene rings is 1. The van der Waals surface area contributed by atoms with Gasteiger partial charge in [0.25, 0.3) is 0 Å². The quantitative estimate of drug-likeness (QED) is 0.803. The minimum absolute atomic E-state index is 0.00627. The molecule has 7 nitrogen and oxygen atoms in total. The number of rotatable bonds is 6. The molecule has 0 saturated heterocycles. The lowest BCUT2D eigenvalue weighted by molar-refractivity contribution is -0.140. The van der Waals surface area contributed by atoms with Crippen molar-refractivity contribution in [3.63, 3.8) is 0 Å². The van der Waals surface area contributed by atoms with Gasteiger partial charge in [0.1, 0.15) is 6.04 Å². The maximum atomic E-state index is 12.5. The van der Waals surface area contributed by atoms with Gasteiger partial charge in [0.05, 0.1) is 4.90 Å². The molecule has 1 aromatic carbocycles. The summed E-state index contributed by atoms with van der Waals surface area (Å²) in [6, 6.07) is 3.33. The molecule has 1 aromatic rings. The molecule has 1 aliphatic heterocycles. The number of nitrogens with zero attached hydrogens (tertiary/aromatic N) is 1. The van der Waals surface area contributed by atoms with E-state index in [1.165, 1.54) is 12.1 Å². The molecule has 0 bridgehead atoms. The molecule has 0 aliphatic carbocycles. The minimum atomic E-state index is -3.95. The summed E-state index contributed by atoms with van der Waals surface area (Å²) in [6.07, 6.45) is 0.965. The average molecular weight is 354 g/mol. The van der Waals surface area contributed by atoms with E-state index in [0.717, 1.165) is 11.3 Å². The third-order valence-electron chi connectivity index (χ3n) is 4.08. The van der Waals surface area contributed by atoms with Crippen LogP contribution in [0.2, 0.25) is 0 Å². The first kappa shape index (κ1) is 18.4. The van der Waals surface area contributed by atoms with Gasteiger partial charge in [-0.25, -0.2) is 8.42 Å². The standard InChI is InChI=1S/C16H22N2O5S/c1-4-14(19)18-8-7-11-9-12(5-6-13(11)18)24(22,23)17-15(10(2)3)16(20)21/h5-6,9-10,15,17H,4,7-8H2,1-3H3,(H,20,21). The number of nitrogens with one attached hydrogen (secondary N) is 1. The molecule has 132 valence electrons. The Bertz CT molecular complexity index is 758. The van der Waals surface area contributed by atoms with Gasteiger partial charge < -0.3 is 10.0 Å². The van der Waals surface area contributed by atoms with Gasteiger partial charge >= 0.3 is 5.97 Å². The van der Waals surface area contributed by atoms with E-state index in [2.05, 4.69) is 4.72 Å². The number of sulfonamides is 1. The normalized spacial score (nSPS) is 15.4. The zero-order valence-corrected chi connectivity index (χ0v) is 14.8. The third kappa shape index (κ3) is 3.59. The van der Waals surface area contributed by atoms with Crippen LogP contribution in [0.4, 0.5) is 5.69 Å². The first-order valence-corrected chi connectivity index (χ1v) is 9.34. The van der Waals surface area contributed by atoms with Gasteiger partial charge in [-0.1, -0.05) is 20.8 Å². The third-order valence-corrected chi connectivity index (χ3v) is 5.51. The Labute approximate surface area is 141 Å². The van der Waals surface area contributed by atoms with Crippen LogP contribution in [0, 0.1) is 5.92 Å². The molecule has 0 fully saturated rings. The topological polar surface area (TPSA) is 104 Å². The second-order valence-electron chi connectivity index (χ2n) is 6.12. The maximum absolute atomic E-state index is 12.5. The molecule has 1 heterocycles. The highest BCUT2D eigenvalue weighted by atomic mass is 32.2. The van der Waals surface area contributed by atoms with Crippen molar-refractivity contribution in [1.29, 1.82) is 0 Å². The molecule has 0 saturated carbocycles. The van der Waals surface area contributed by atoms with E-state index in [-0.39, 0.29) is 16.7 Å². The highest BCUT2D eigenvalue weighted by Gasteiger charge is 2.30. The van der Waals surface area contributed by atoms with Crippen molar-refractivity contribution in [1.82, 2.24) is 4.72 Å². The summed E-state index contributed by atoms with van der Waals surface area (Å²) in [5, 5.41) is 9.16. The molecule has 2 N–H and O–H groups in total. The molecule has 0 aromatic heterocycles. The zero-order chi connectivity index (χ0) is 18.1. The van der Waals surface area contributed by atoms with Crippen LogP contribution < -0.4 is 9.62 Å². The second-order valence-corrected chi connectivity index (χ2v) is 7.83. The number of anilines is 1. The first-order valence-electron chi connectivity index (χ1n) is 7.85. The predicted molar refractivity (Wildman–Crippen MR) is 89.4 cm³/mol. The van der Waals surface area contributed by atoms with Gasteiger partial charge in [0.15, 0.2) is 0 Å². The van der Waals surface area contributed by atoms with Crippen LogP contribution in [0.25, 0.3) is 0 Å². The van der Waals surface area contributed by atoms with Crippen molar-refractivity contribution in [3.05, 3.63) is 23.8 Å². The number of carbonyl (C=O) groups is 2. The molecule has 1 atom stereocenters. The van der Waals surface area contributed by atoms with Crippen LogP contribution in [0.3, 0.4) is 0 Å². The van der Waals surface area contributed by atoms with E-state index >= 15 is 0 Å². The zero-order valence-electron chi connectivity index (χ0n) is 13.9. The molecule has 24 heavy (non-hydrogen) atoms. The van der Waals surface area contributed by atoms with Gasteiger partial charge in [-0.3, -0.25) is 9.59 Å². The molecule has 1 amide bonds. The summed E-state index contributed by atoms with van der Waals surface area (Å²) in [6.45, 7) is 5.58. The molecule has 2 rings (SSSR count). The summed E-state index contributed by atoms with van der Waals surface area (Å²) in [5.74, 6) is -1.60. The van der Waals surface area contributed by atoms with Crippen molar-refractivity contribution in [3.8, 4) is 0 Å². The van der Waals surface area contributed by atoms with Gasteiger partial charge in [-0.05, 0) is 36.1 Å². The largest absolute Gasteiger partial charge is 0.480 e. The molecule has 1 unspecified atom stereocenters. The Balaban J connectivity index is 2.30. The molecule has 1 aliphatic rings. The number of carbonyl (C=O) groups excluding carboxylic acids is 1. The van der Waals surface area contributed by atoms with Crippen molar-refractivity contribution in [2.24, 2.45) is 5.92 Å². The Hall–Kier alpha value is -1.93. The van der Waals surface area contributed by atoms with Crippen molar-refractivity contribution >= 4 is 27.6 Å². The fourth-order valence-corrected chi connectivity index (χ4v) is 4.09. The second kappa shape index (κ2) is 6.90. The van der Waals surface area contributed by atoms with Crippen LogP contribution in [-0.4, -0.2) is 38.0 Å². The van der Waals surface area contributed by atoms with E-state index in [1.807, 2.05) is 0 Å². The molecular weight excluding hydrogens is 332 g/mol. The highest BCUT2D eigenvalue weighted by molar-refractivity contribution is 7.89. The van der Waals surface area contributed by atoms with Crippen molar-refractivity contribution in [2.45, 2.75) is 44.6 Å². The smallest absolute Gasteiger partial charge is 0.322 e. The lowest BCUT2D eigenvalue weighted by atomic mass is 10.1. The molecule has 0 spiro atoms.